The predicted octanol–water partition coefficient (Wildman–Crippen LogP) is 2.56. The van der Waals surface area contributed by atoms with E-state index in [1.165, 1.54) is 0 Å². The molecule has 162 valence electrons. The van der Waals surface area contributed by atoms with Crippen molar-refractivity contribution in [2.24, 2.45) is 15.9 Å². The third-order valence-electron chi connectivity index (χ3n) is 4.43. The van der Waals surface area contributed by atoms with Crippen LogP contribution in [0.2, 0.25) is 0 Å². The van der Waals surface area contributed by atoms with E-state index in [2.05, 4.69) is 31.1 Å². The van der Waals surface area contributed by atoms with Gasteiger partial charge in [0.15, 0.2) is 0 Å². The monoisotopic (exact) mass is 428 g/mol. The number of hydrogen-bond acceptors (Lipinski definition) is 9. The van der Waals surface area contributed by atoms with Crippen molar-refractivity contribution < 1.29 is 4.74 Å². The second kappa shape index (κ2) is 10.7. The molecule has 32 heavy (non-hydrogen) atoms. The van der Waals surface area contributed by atoms with Crippen LogP contribution in [-0.4, -0.2) is 48.1 Å². The average molecular weight is 429 g/mol. The lowest BCUT2D eigenvalue weighted by Gasteiger charge is -2.13. The van der Waals surface area contributed by atoms with Crippen LogP contribution in [0.15, 0.2) is 58.6 Å². The molecule has 2 aromatic heterocycles. The Balaban J connectivity index is 1.90. The molecular weight excluding hydrogens is 404 g/mol. The number of benzene rings is 1. The molecule has 0 saturated carbocycles. The molecule has 0 amide bonds. The number of methoxy groups -OCH3 is 1. The Bertz CT molecular complexity index is 1180. The van der Waals surface area contributed by atoms with E-state index < -0.39 is 0 Å². The summed E-state index contributed by atoms with van der Waals surface area (Å²) < 4.78 is 5.12. The molecule has 3 aromatic rings. The standard InChI is InChI=1S/C23H24N8O/c1-31(2)23-28-20(17-7-4-6-16(10-17)12-24)11-21(29-23)22(30-25)14-26-13-18-8-5-9-19(27-18)15-32-3/h4-11,14H,13,15,25H2,1-3H3/b26-14?,30-22+. The van der Waals surface area contributed by atoms with E-state index in [-0.39, 0.29) is 0 Å². The zero-order valence-corrected chi connectivity index (χ0v) is 18.2. The van der Waals surface area contributed by atoms with Gasteiger partial charge in [-0.05, 0) is 30.3 Å². The third-order valence-corrected chi connectivity index (χ3v) is 4.43. The molecule has 9 nitrogen and oxygen atoms in total. The van der Waals surface area contributed by atoms with Crippen LogP contribution in [-0.2, 0) is 17.9 Å². The highest BCUT2D eigenvalue weighted by Gasteiger charge is 2.12. The number of anilines is 1. The van der Waals surface area contributed by atoms with Crippen LogP contribution in [0.1, 0.15) is 22.6 Å². The fourth-order valence-electron chi connectivity index (χ4n) is 2.90. The number of ether oxygens (including phenoxy) is 1. The highest BCUT2D eigenvalue weighted by atomic mass is 16.5. The first kappa shape index (κ1) is 22.5. The number of aromatic nitrogens is 3. The van der Waals surface area contributed by atoms with Gasteiger partial charge in [-0.15, -0.1) is 0 Å². The maximum atomic E-state index is 9.21. The molecule has 0 spiro atoms. The minimum atomic E-state index is 0.360. The lowest BCUT2D eigenvalue weighted by atomic mass is 10.1. The van der Waals surface area contributed by atoms with E-state index in [9.17, 15) is 5.26 Å². The van der Waals surface area contributed by atoms with E-state index in [4.69, 9.17) is 10.6 Å². The third kappa shape index (κ3) is 5.71. The van der Waals surface area contributed by atoms with Gasteiger partial charge in [-0.25, -0.2) is 9.97 Å². The van der Waals surface area contributed by atoms with Crippen molar-refractivity contribution in [3.05, 3.63) is 71.2 Å². The molecule has 0 unspecified atom stereocenters. The van der Waals surface area contributed by atoms with Crippen molar-refractivity contribution in [3.63, 3.8) is 0 Å². The van der Waals surface area contributed by atoms with Gasteiger partial charge in [-0.1, -0.05) is 18.2 Å². The number of rotatable bonds is 8. The Morgan fingerprint density at radius 2 is 1.91 bits per heavy atom. The van der Waals surface area contributed by atoms with Gasteiger partial charge in [0, 0.05) is 26.8 Å². The quantitative estimate of drug-likeness (QED) is 0.332. The van der Waals surface area contributed by atoms with Gasteiger partial charge in [0.05, 0.1) is 53.8 Å². The van der Waals surface area contributed by atoms with Gasteiger partial charge in [-0.2, -0.15) is 10.4 Å². The molecule has 0 aliphatic heterocycles. The Kier molecular flexibility index (Phi) is 7.56. The first-order chi connectivity index (χ1) is 15.5. The van der Waals surface area contributed by atoms with Crippen LogP contribution in [0.5, 0.6) is 0 Å². The number of nitrogens with two attached hydrogens (primary N) is 1. The largest absolute Gasteiger partial charge is 0.378 e. The summed E-state index contributed by atoms with van der Waals surface area (Å²) in [5.41, 5.74) is 4.56. The van der Waals surface area contributed by atoms with E-state index in [1.54, 1.807) is 36.4 Å². The molecule has 0 aliphatic rings. The second-order valence-corrected chi connectivity index (χ2v) is 7.06. The summed E-state index contributed by atoms with van der Waals surface area (Å²) in [5, 5.41) is 13.1. The van der Waals surface area contributed by atoms with Crippen molar-refractivity contribution in [2.45, 2.75) is 13.2 Å². The molecule has 2 N–H and O–H groups in total. The predicted molar refractivity (Wildman–Crippen MR) is 124 cm³/mol. The molecule has 0 radical (unpaired) electrons. The van der Waals surface area contributed by atoms with Crippen LogP contribution in [0.3, 0.4) is 0 Å². The maximum Gasteiger partial charge on any atom is 0.225 e. The summed E-state index contributed by atoms with van der Waals surface area (Å²) in [4.78, 5) is 19.9. The zero-order chi connectivity index (χ0) is 22.9. The van der Waals surface area contributed by atoms with Gasteiger partial charge in [0.25, 0.3) is 0 Å². The molecule has 2 heterocycles. The summed E-state index contributed by atoms with van der Waals surface area (Å²) in [7, 11) is 5.33. The minimum Gasteiger partial charge on any atom is -0.378 e. The fraction of sp³-hybridized carbons (Fsp3) is 0.217. The Hall–Kier alpha value is -4.16. The van der Waals surface area contributed by atoms with Crippen molar-refractivity contribution in [3.8, 4) is 17.3 Å². The number of nitrogens with zero attached hydrogens (tertiary/aromatic N) is 7. The highest BCUT2D eigenvalue weighted by molar-refractivity contribution is 6.37. The Morgan fingerprint density at radius 1 is 1.12 bits per heavy atom. The lowest BCUT2D eigenvalue weighted by molar-refractivity contribution is 0.181. The molecule has 0 bridgehead atoms. The van der Waals surface area contributed by atoms with Gasteiger partial charge in [-0.3, -0.25) is 9.98 Å². The molecule has 0 fully saturated rings. The van der Waals surface area contributed by atoms with Crippen LogP contribution < -0.4 is 10.7 Å². The first-order valence-electron chi connectivity index (χ1n) is 9.82. The highest BCUT2D eigenvalue weighted by Crippen LogP contribution is 2.21. The van der Waals surface area contributed by atoms with E-state index in [0.717, 1.165) is 17.0 Å². The van der Waals surface area contributed by atoms with Gasteiger partial charge >= 0.3 is 0 Å². The number of nitriles is 1. The van der Waals surface area contributed by atoms with E-state index >= 15 is 0 Å². The Morgan fingerprint density at radius 3 is 2.62 bits per heavy atom. The summed E-state index contributed by atoms with van der Waals surface area (Å²) in [6, 6.07) is 16.9. The molecule has 9 heteroatoms. The minimum absolute atomic E-state index is 0.360. The summed E-state index contributed by atoms with van der Waals surface area (Å²) >= 11 is 0. The van der Waals surface area contributed by atoms with Crippen LogP contribution in [0.25, 0.3) is 11.3 Å². The lowest BCUT2D eigenvalue weighted by Crippen LogP contribution is -2.17. The van der Waals surface area contributed by atoms with E-state index in [1.807, 2.05) is 44.4 Å². The fourth-order valence-corrected chi connectivity index (χ4v) is 2.90. The van der Waals surface area contributed by atoms with Crippen molar-refractivity contribution in [1.82, 2.24) is 15.0 Å². The van der Waals surface area contributed by atoms with Gasteiger partial charge < -0.3 is 15.5 Å². The molecule has 3 rings (SSSR count). The summed E-state index contributed by atoms with van der Waals surface area (Å²) in [6.07, 6.45) is 1.57. The van der Waals surface area contributed by atoms with Crippen LogP contribution in [0.4, 0.5) is 5.95 Å². The second-order valence-electron chi connectivity index (χ2n) is 7.06. The average Bonchev–Trinajstić information content (AvgIpc) is 2.82. The van der Waals surface area contributed by atoms with Gasteiger partial charge in [0.1, 0.15) is 5.71 Å². The number of pyridine rings is 1. The number of hydrazone groups is 1. The number of aliphatic imine (C=N–C) groups is 1. The Labute approximate surface area is 186 Å². The maximum absolute atomic E-state index is 9.21. The summed E-state index contributed by atoms with van der Waals surface area (Å²) in [6.45, 7) is 0.802. The van der Waals surface area contributed by atoms with Gasteiger partial charge in [0.2, 0.25) is 5.95 Å². The first-order valence-corrected chi connectivity index (χ1v) is 9.82. The van der Waals surface area contributed by atoms with Crippen molar-refractivity contribution in [1.29, 1.82) is 5.26 Å². The summed E-state index contributed by atoms with van der Waals surface area (Å²) in [5.74, 6) is 6.15. The van der Waals surface area contributed by atoms with Crippen LogP contribution >= 0.6 is 0 Å². The molecule has 0 atom stereocenters. The normalized spacial score (nSPS) is 11.5. The molecule has 0 saturated heterocycles. The van der Waals surface area contributed by atoms with Crippen molar-refractivity contribution >= 4 is 17.9 Å². The SMILES string of the molecule is COCc1cccc(CN=C/C(=N\N)c2cc(-c3cccc(C#N)c3)nc(N(C)C)n2)n1. The smallest absolute Gasteiger partial charge is 0.225 e. The molecule has 0 aliphatic carbocycles. The van der Waals surface area contributed by atoms with Crippen LogP contribution in [0, 0.1) is 11.3 Å². The topological polar surface area (TPSA) is 126 Å². The van der Waals surface area contributed by atoms with E-state index in [0.29, 0.717) is 41.8 Å². The molecule has 1 aromatic carbocycles. The zero-order valence-electron chi connectivity index (χ0n) is 18.2. The molecular formula is C23H24N8O. The van der Waals surface area contributed by atoms with Crippen molar-refractivity contribution in [2.75, 3.05) is 26.1 Å². The number of hydrogen-bond donors (Lipinski definition) is 1.